The van der Waals surface area contributed by atoms with Gasteiger partial charge in [-0.15, -0.1) is 0 Å². The summed E-state index contributed by atoms with van der Waals surface area (Å²) in [6.07, 6.45) is 0.387. The quantitative estimate of drug-likeness (QED) is 0.630. The van der Waals surface area contributed by atoms with Gasteiger partial charge in [-0.1, -0.05) is 0 Å². The van der Waals surface area contributed by atoms with E-state index in [1.165, 1.54) is 18.9 Å². The molecule has 11 heteroatoms. The van der Waals surface area contributed by atoms with Gasteiger partial charge < -0.3 is 25.0 Å². The maximum Gasteiger partial charge on any atom is 0.410 e. The highest BCUT2D eigenvalue weighted by molar-refractivity contribution is 6.08. The van der Waals surface area contributed by atoms with Gasteiger partial charge in [0, 0.05) is 26.2 Å². The average molecular weight is 514 g/mol. The second kappa shape index (κ2) is 11.2. The van der Waals surface area contributed by atoms with Crippen LogP contribution in [0.3, 0.4) is 0 Å². The molecule has 0 bridgehead atoms. The van der Waals surface area contributed by atoms with Crippen LogP contribution in [-0.2, 0) is 23.9 Å². The predicted molar refractivity (Wildman–Crippen MR) is 136 cm³/mol. The van der Waals surface area contributed by atoms with E-state index in [9.17, 15) is 24.4 Å². The fraction of sp³-hybridized carbons (Fsp3) is 0.577. The number of benzene rings is 1. The minimum atomic E-state index is -1.12. The summed E-state index contributed by atoms with van der Waals surface area (Å²) in [4.78, 5) is 55.3. The summed E-state index contributed by atoms with van der Waals surface area (Å²) in [6.45, 7) is 9.28. The molecule has 1 fully saturated rings. The van der Waals surface area contributed by atoms with E-state index in [1.807, 2.05) is 0 Å². The number of hydrogen-bond donors (Lipinski definition) is 2. The van der Waals surface area contributed by atoms with Crippen LogP contribution < -0.4 is 15.5 Å². The summed E-state index contributed by atoms with van der Waals surface area (Å²) in [5.41, 5.74) is 0.357. The van der Waals surface area contributed by atoms with Gasteiger partial charge in [0.1, 0.15) is 17.7 Å². The zero-order chi connectivity index (χ0) is 27.5. The number of carbonyl (C=O) groups excluding carboxylic acids is 4. The van der Waals surface area contributed by atoms with E-state index in [0.29, 0.717) is 43.0 Å². The van der Waals surface area contributed by atoms with Crippen LogP contribution in [-0.4, -0.2) is 72.7 Å². The summed E-state index contributed by atoms with van der Waals surface area (Å²) in [5.74, 6) is -1.62. The van der Waals surface area contributed by atoms with Crippen LogP contribution in [0.15, 0.2) is 18.2 Å². The van der Waals surface area contributed by atoms with Crippen molar-refractivity contribution in [1.82, 2.24) is 10.2 Å². The number of carbonyl (C=O) groups is 4. The van der Waals surface area contributed by atoms with Gasteiger partial charge >= 0.3 is 6.09 Å². The van der Waals surface area contributed by atoms with E-state index in [0.717, 1.165) is 4.90 Å². The third-order valence-corrected chi connectivity index (χ3v) is 6.56. The molecule has 200 valence electrons. The van der Waals surface area contributed by atoms with Gasteiger partial charge in [-0.2, -0.15) is 5.26 Å². The Labute approximate surface area is 217 Å². The van der Waals surface area contributed by atoms with Gasteiger partial charge in [0.25, 0.3) is 0 Å². The Bertz CT molecular complexity index is 1100. The second-order valence-corrected chi connectivity index (χ2v) is 10.4. The predicted octanol–water partition coefficient (Wildman–Crippen LogP) is 2.40. The number of likely N-dealkylation sites (N-methyl/N-ethyl adjacent to an activating group) is 1. The first-order valence-corrected chi connectivity index (χ1v) is 12.4. The smallest absolute Gasteiger partial charge is 0.410 e. The molecule has 2 heterocycles. The fourth-order valence-electron chi connectivity index (χ4n) is 4.29. The number of ether oxygens (including phenoxy) is 2. The summed E-state index contributed by atoms with van der Waals surface area (Å²) in [7, 11) is 1.44. The zero-order valence-electron chi connectivity index (χ0n) is 22.2. The van der Waals surface area contributed by atoms with Gasteiger partial charge in [0.05, 0.1) is 29.0 Å². The number of nitrogens with one attached hydrogen (secondary N) is 2. The number of nitrogens with zero attached hydrogens (tertiary/aromatic N) is 3. The lowest BCUT2D eigenvalue weighted by Gasteiger charge is -2.36. The Morgan fingerprint density at radius 1 is 1.27 bits per heavy atom. The SMILES string of the molecule is C[C@@H](C(=O)N[C@@H]1C(=O)Nc2ccc(C#N)cc2N(C(=O)C2CCOCC2)[C@H]1C)N(C)C(=O)OC(C)(C)C. The molecule has 1 saturated heterocycles. The molecule has 3 rings (SSSR count). The highest BCUT2D eigenvalue weighted by atomic mass is 16.6. The molecule has 0 unspecified atom stereocenters. The summed E-state index contributed by atoms with van der Waals surface area (Å²) in [6, 6.07) is 3.90. The molecule has 1 aromatic carbocycles. The number of fused-ring (bicyclic) bond motifs is 1. The average Bonchev–Trinajstić information content (AvgIpc) is 2.95. The van der Waals surface area contributed by atoms with Gasteiger partial charge in [-0.25, -0.2) is 4.79 Å². The summed E-state index contributed by atoms with van der Waals surface area (Å²) < 4.78 is 10.7. The normalized spacial score (nSPS) is 21.0. The molecule has 11 nitrogen and oxygen atoms in total. The van der Waals surface area contributed by atoms with Crippen molar-refractivity contribution in [2.75, 3.05) is 30.5 Å². The minimum absolute atomic E-state index is 0.207. The number of anilines is 2. The van der Waals surface area contributed by atoms with Gasteiger partial charge in [0.2, 0.25) is 17.7 Å². The van der Waals surface area contributed by atoms with Crippen molar-refractivity contribution < 1.29 is 28.7 Å². The van der Waals surface area contributed by atoms with Crippen LogP contribution in [0.1, 0.15) is 53.0 Å². The molecular weight excluding hydrogens is 478 g/mol. The first-order chi connectivity index (χ1) is 17.3. The first kappa shape index (κ1) is 27.9. The van der Waals surface area contributed by atoms with Gasteiger partial charge in [0.15, 0.2) is 0 Å². The Balaban J connectivity index is 1.90. The van der Waals surface area contributed by atoms with E-state index >= 15 is 0 Å². The molecule has 0 radical (unpaired) electrons. The molecule has 0 saturated carbocycles. The maximum absolute atomic E-state index is 13.7. The largest absolute Gasteiger partial charge is 0.444 e. The molecule has 0 spiro atoms. The van der Waals surface area contributed by atoms with Crippen molar-refractivity contribution in [1.29, 1.82) is 5.26 Å². The Morgan fingerprint density at radius 3 is 2.51 bits per heavy atom. The van der Waals surface area contributed by atoms with Gasteiger partial charge in [-0.05, 0) is 65.7 Å². The van der Waals surface area contributed by atoms with Crippen molar-refractivity contribution in [3.63, 3.8) is 0 Å². The second-order valence-electron chi connectivity index (χ2n) is 10.4. The van der Waals surface area contributed by atoms with Gasteiger partial charge in [-0.3, -0.25) is 19.3 Å². The van der Waals surface area contributed by atoms with E-state index in [-0.39, 0.29) is 11.8 Å². The lowest BCUT2D eigenvalue weighted by Crippen LogP contribution is -2.60. The van der Waals surface area contributed by atoms with Crippen molar-refractivity contribution >= 4 is 35.2 Å². The Kier molecular flexibility index (Phi) is 8.43. The molecule has 37 heavy (non-hydrogen) atoms. The molecule has 0 aliphatic carbocycles. The number of rotatable bonds is 4. The van der Waals surface area contributed by atoms with E-state index in [4.69, 9.17) is 9.47 Å². The van der Waals surface area contributed by atoms with Crippen LogP contribution >= 0.6 is 0 Å². The number of amides is 4. The lowest BCUT2D eigenvalue weighted by atomic mass is 9.96. The molecule has 3 atom stereocenters. The van der Waals surface area contributed by atoms with Crippen LogP contribution in [0, 0.1) is 17.2 Å². The van der Waals surface area contributed by atoms with E-state index in [1.54, 1.807) is 45.9 Å². The van der Waals surface area contributed by atoms with Crippen LogP contribution in [0.5, 0.6) is 0 Å². The van der Waals surface area contributed by atoms with Crippen molar-refractivity contribution in [2.24, 2.45) is 5.92 Å². The minimum Gasteiger partial charge on any atom is -0.444 e. The van der Waals surface area contributed by atoms with Crippen molar-refractivity contribution in [3.05, 3.63) is 23.8 Å². The molecule has 4 amide bonds. The lowest BCUT2D eigenvalue weighted by molar-refractivity contribution is -0.130. The zero-order valence-corrected chi connectivity index (χ0v) is 22.2. The first-order valence-electron chi connectivity index (χ1n) is 12.4. The third-order valence-electron chi connectivity index (χ3n) is 6.56. The molecule has 2 aliphatic heterocycles. The Hall–Kier alpha value is -3.65. The van der Waals surface area contributed by atoms with Crippen molar-refractivity contribution in [2.45, 2.75) is 71.2 Å². The van der Waals surface area contributed by atoms with Crippen LogP contribution in [0.2, 0.25) is 0 Å². The summed E-state index contributed by atoms with van der Waals surface area (Å²) >= 11 is 0. The topological polar surface area (TPSA) is 141 Å². The van der Waals surface area contributed by atoms with E-state index < -0.39 is 41.6 Å². The Morgan fingerprint density at radius 2 is 1.92 bits per heavy atom. The van der Waals surface area contributed by atoms with Crippen molar-refractivity contribution in [3.8, 4) is 6.07 Å². The maximum atomic E-state index is 13.7. The third kappa shape index (κ3) is 6.38. The number of hydrogen-bond acceptors (Lipinski definition) is 7. The number of nitriles is 1. The molecule has 1 aromatic rings. The fourth-order valence-corrected chi connectivity index (χ4v) is 4.29. The standard InChI is InChI=1S/C26H35N5O6/c1-15-21(29-22(32)16(2)30(6)25(35)37-26(3,4)5)23(33)28-19-8-7-17(14-27)13-20(19)31(15)24(34)18-9-11-36-12-10-18/h7-8,13,15-16,18,21H,9-12H2,1-6H3,(H,28,33)(H,29,32)/t15-,16-,21-/m0/s1. The monoisotopic (exact) mass is 513 g/mol. The highest BCUT2D eigenvalue weighted by Gasteiger charge is 2.41. The van der Waals surface area contributed by atoms with Crippen LogP contribution in [0.25, 0.3) is 0 Å². The molecular formula is C26H35N5O6. The van der Waals surface area contributed by atoms with Crippen LogP contribution in [0.4, 0.5) is 16.2 Å². The molecule has 2 aliphatic rings. The molecule has 0 aromatic heterocycles. The van der Waals surface area contributed by atoms with E-state index in [2.05, 4.69) is 16.7 Å². The summed E-state index contributed by atoms with van der Waals surface area (Å²) in [5, 5.41) is 15.0. The highest BCUT2D eigenvalue weighted by Crippen LogP contribution is 2.35. The molecule has 2 N–H and O–H groups in total.